The van der Waals surface area contributed by atoms with Gasteiger partial charge < -0.3 is 5.73 Å². The van der Waals surface area contributed by atoms with Gasteiger partial charge in [0.2, 0.25) is 0 Å². The average molecular weight is 329 g/mol. The molecule has 0 amide bonds. The van der Waals surface area contributed by atoms with Crippen molar-refractivity contribution in [1.82, 2.24) is 4.90 Å². The molecule has 19 heavy (non-hydrogen) atoms. The first-order chi connectivity index (χ1) is 9.15. The quantitative estimate of drug-likeness (QED) is 0.892. The molecular weight excluding hydrogens is 307 g/mol. The molecule has 2 rings (SSSR count). The Morgan fingerprint density at radius 1 is 1.53 bits per heavy atom. The Morgan fingerprint density at radius 2 is 2.32 bits per heavy atom. The lowest BCUT2D eigenvalue weighted by molar-refractivity contribution is 0.235. The highest BCUT2D eigenvalue weighted by molar-refractivity contribution is 9.10. The molecule has 1 aromatic rings. The minimum Gasteiger partial charge on any atom is -0.329 e. The predicted molar refractivity (Wildman–Crippen MR) is 80.5 cm³/mol. The summed E-state index contributed by atoms with van der Waals surface area (Å²) in [6.45, 7) is 4.77. The second kappa shape index (κ2) is 6.82. The van der Waals surface area contributed by atoms with Crippen molar-refractivity contribution in [3.05, 3.63) is 34.1 Å². The maximum absolute atomic E-state index is 14.1. The Balaban J connectivity index is 2.12. The Bertz CT molecular complexity index is 425. The highest BCUT2D eigenvalue weighted by atomic mass is 79.9. The number of halogens is 2. The van der Waals surface area contributed by atoms with Crippen molar-refractivity contribution in [3.8, 4) is 0 Å². The minimum absolute atomic E-state index is 0.00922. The van der Waals surface area contributed by atoms with E-state index in [0.717, 1.165) is 29.0 Å². The predicted octanol–water partition coefficient (Wildman–Crippen LogP) is 3.71. The van der Waals surface area contributed by atoms with Crippen LogP contribution < -0.4 is 5.73 Å². The molecule has 1 aliphatic rings. The van der Waals surface area contributed by atoms with Gasteiger partial charge in [-0.25, -0.2) is 4.39 Å². The molecule has 0 bridgehead atoms. The summed E-state index contributed by atoms with van der Waals surface area (Å²) in [4.78, 5) is 2.34. The third-order valence-corrected chi connectivity index (χ3v) is 4.49. The van der Waals surface area contributed by atoms with Crippen LogP contribution >= 0.6 is 15.9 Å². The number of likely N-dealkylation sites (tertiary alicyclic amines) is 1. The molecule has 0 saturated carbocycles. The maximum atomic E-state index is 14.1. The van der Waals surface area contributed by atoms with Gasteiger partial charge in [-0.15, -0.1) is 0 Å². The van der Waals surface area contributed by atoms with E-state index in [2.05, 4.69) is 27.8 Å². The Kier molecular flexibility index (Phi) is 5.37. The standard InChI is InChI=1S/C15H22BrFN2/c1-2-3-11-6-7-19(10-11)15(9-18)13-5-4-12(16)8-14(13)17/h4-5,8,11,15H,2-3,6-7,9-10,18H2,1H3. The van der Waals surface area contributed by atoms with Gasteiger partial charge in [0.25, 0.3) is 0 Å². The number of nitrogens with two attached hydrogens (primary N) is 1. The van der Waals surface area contributed by atoms with Crippen LogP contribution in [0.5, 0.6) is 0 Å². The molecular formula is C15H22BrFN2. The lowest BCUT2D eigenvalue weighted by Crippen LogP contribution is -2.32. The Labute approximate surface area is 123 Å². The van der Waals surface area contributed by atoms with Crippen LogP contribution in [0.2, 0.25) is 0 Å². The summed E-state index contributed by atoms with van der Waals surface area (Å²) in [5.74, 6) is 0.585. The topological polar surface area (TPSA) is 29.3 Å². The zero-order valence-corrected chi connectivity index (χ0v) is 13.0. The van der Waals surface area contributed by atoms with Gasteiger partial charge in [-0.05, 0) is 37.4 Å². The van der Waals surface area contributed by atoms with Gasteiger partial charge in [0, 0.05) is 29.2 Å². The fourth-order valence-electron chi connectivity index (χ4n) is 3.03. The molecule has 1 fully saturated rings. The summed E-state index contributed by atoms with van der Waals surface area (Å²) >= 11 is 3.30. The van der Waals surface area contributed by atoms with Crippen molar-refractivity contribution in [3.63, 3.8) is 0 Å². The van der Waals surface area contributed by atoms with E-state index in [9.17, 15) is 4.39 Å². The van der Waals surface area contributed by atoms with Crippen molar-refractivity contribution in [2.45, 2.75) is 32.2 Å². The van der Waals surface area contributed by atoms with Crippen LogP contribution in [0.4, 0.5) is 4.39 Å². The maximum Gasteiger partial charge on any atom is 0.129 e. The molecule has 106 valence electrons. The largest absolute Gasteiger partial charge is 0.329 e. The second-order valence-electron chi connectivity index (χ2n) is 5.36. The smallest absolute Gasteiger partial charge is 0.129 e. The van der Waals surface area contributed by atoms with Gasteiger partial charge >= 0.3 is 0 Å². The number of hydrogen-bond donors (Lipinski definition) is 1. The van der Waals surface area contributed by atoms with Crippen LogP contribution in [0.1, 0.15) is 37.8 Å². The zero-order valence-electron chi connectivity index (χ0n) is 11.4. The molecule has 1 saturated heterocycles. The first kappa shape index (κ1) is 14.9. The molecule has 2 N–H and O–H groups in total. The van der Waals surface area contributed by atoms with Crippen molar-refractivity contribution in [1.29, 1.82) is 0 Å². The lowest BCUT2D eigenvalue weighted by Gasteiger charge is -2.27. The molecule has 1 aliphatic heterocycles. The number of benzene rings is 1. The SMILES string of the molecule is CCCC1CCN(C(CN)c2ccc(Br)cc2F)C1. The fourth-order valence-corrected chi connectivity index (χ4v) is 3.37. The summed E-state index contributed by atoms with van der Waals surface area (Å²) in [5, 5.41) is 0. The summed E-state index contributed by atoms with van der Waals surface area (Å²) in [6.07, 6.45) is 3.69. The van der Waals surface area contributed by atoms with E-state index in [1.165, 1.54) is 25.3 Å². The van der Waals surface area contributed by atoms with Crippen molar-refractivity contribution in [2.24, 2.45) is 11.7 Å². The van der Waals surface area contributed by atoms with Crippen LogP contribution in [0, 0.1) is 11.7 Å². The minimum atomic E-state index is -0.163. The molecule has 1 aromatic carbocycles. The van der Waals surface area contributed by atoms with Gasteiger partial charge in [-0.3, -0.25) is 4.90 Å². The van der Waals surface area contributed by atoms with Crippen molar-refractivity contribution in [2.75, 3.05) is 19.6 Å². The fraction of sp³-hybridized carbons (Fsp3) is 0.600. The van der Waals surface area contributed by atoms with Gasteiger partial charge in [0.05, 0.1) is 0 Å². The average Bonchev–Trinajstić information content (AvgIpc) is 2.82. The van der Waals surface area contributed by atoms with E-state index in [-0.39, 0.29) is 11.9 Å². The number of hydrogen-bond acceptors (Lipinski definition) is 2. The second-order valence-corrected chi connectivity index (χ2v) is 6.27. The lowest BCUT2D eigenvalue weighted by atomic mass is 10.0. The number of nitrogens with zero attached hydrogens (tertiary/aromatic N) is 1. The van der Waals surface area contributed by atoms with Crippen LogP contribution in [-0.2, 0) is 0 Å². The molecule has 2 atom stereocenters. The van der Waals surface area contributed by atoms with Crippen LogP contribution in [-0.4, -0.2) is 24.5 Å². The van der Waals surface area contributed by atoms with Gasteiger partial charge in [-0.1, -0.05) is 35.3 Å². The van der Waals surface area contributed by atoms with E-state index >= 15 is 0 Å². The monoisotopic (exact) mass is 328 g/mol. The van der Waals surface area contributed by atoms with E-state index in [1.807, 2.05) is 12.1 Å². The number of rotatable bonds is 5. The molecule has 0 aliphatic carbocycles. The normalized spacial score (nSPS) is 21.8. The first-order valence-electron chi connectivity index (χ1n) is 7.04. The molecule has 0 spiro atoms. The summed E-state index contributed by atoms with van der Waals surface area (Å²) in [5.41, 5.74) is 6.62. The van der Waals surface area contributed by atoms with Crippen LogP contribution in [0.3, 0.4) is 0 Å². The highest BCUT2D eigenvalue weighted by Crippen LogP contribution is 2.31. The van der Waals surface area contributed by atoms with E-state index in [0.29, 0.717) is 6.54 Å². The van der Waals surface area contributed by atoms with E-state index in [4.69, 9.17) is 5.73 Å². The van der Waals surface area contributed by atoms with Crippen molar-refractivity contribution < 1.29 is 4.39 Å². The van der Waals surface area contributed by atoms with Gasteiger partial charge in [-0.2, -0.15) is 0 Å². The molecule has 0 radical (unpaired) electrons. The Morgan fingerprint density at radius 3 is 2.95 bits per heavy atom. The molecule has 1 heterocycles. The van der Waals surface area contributed by atoms with Crippen LogP contribution in [0.15, 0.2) is 22.7 Å². The van der Waals surface area contributed by atoms with Gasteiger partial charge in [0.15, 0.2) is 0 Å². The molecule has 2 nitrogen and oxygen atoms in total. The zero-order chi connectivity index (χ0) is 13.8. The summed E-state index contributed by atoms with van der Waals surface area (Å²) < 4.78 is 14.8. The summed E-state index contributed by atoms with van der Waals surface area (Å²) in [7, 11) is 0. The van der Waals surface area contributed by atoms with Gasteiger partial charge in [0.1, 0.15) is 5.82 Å². The van der Waals surface area contributed by atoms with E-state index in [1.54, 1.807) is 0 Å². The third kappa shape index (κ3) is 3.56. The van der Waals surface area contributed by atoms with Crippen molar-refractivity contribution >= 4 is 15.9 Å². The highest BCUT2D eigenvalue weighted by Gasteiger charge is 2.29. The molecule has 4 heteroatoms. The first-order valence-corrected chi connectivity index (χ1v) is 7.84. The van der Waals surface area contributed by atoms with E-state index < -0.39 is 0 Å². The Hall–Kier alpha value is -0.450. The van der Waals surface area contributed by atoms with Crippen LogP contribution in [0.25, 0.3) is 0 Å². The third-order valence-electron chi connectivity index (χ3n) is 4.00. The molecule has 0 aromatic heterocycles. The molecule has 2 unspecified atom stereocenters. The summed E-state index contributed by atoms with van der Waals surface area (Å²) in [6, 6.07) is 5.28.